The van der Waals surface area contributed by atoms with E-state index in [1.165, 1.54) is 32.4 Å². The van der Waals surface area contributed by atoms with Crippen LogP contribution in [0.25, 0.3) is 0 Å². The van der Waals surface area contributed by atoms with Gasteiger partial charge in [-0.25, -0.2) is 0 Å². The van der Waals surface area contributed by atoms with Crippen LogP contribution in [0.2, 0.25) is 0 Å². The molecule has 0 aromatic rings. The molecule has 0 aromatic carbocycles. The Bertz CT molecular complexity index is 226. The molecule has 2 nitrogen and oxygen atoms in total. The molecule has 82 valence electrons. The number of hydrogen-bond donors (Lipinski definition) is 1. The van der Waals surface area contributed by atoms with Crippen molar-refractivity contribution in [1.82, 2.24) is 4.90 Å². The van der Waals surface area contributed by atoms with Crippen molar-refractivity contribution in [3.8, 4) is 0 Å². The molecule has 2 fully saturated rings. The summed E-state index contributed by atoms with van der Waals surface area (Å²) in [5.74, 6) is 0.723. The van der Waals surface area contributed by atoms with Gasteiger partial charge < -0.3 is 10.0 Å². The first-order chi connectivity index (χ1) is 6.52. The molecular weight excluding hydrogens is 174 g/mol. The van der Waals surface area contributed by atoms with E-state index in [0.29, 0.717) is 12.0 Å². The maximum Gasteiger partial charge on any atom is 0.0495 e. The number of rotatable bonds is 2. The fourth-order valence-corrected chi connectivity index (χ4v) is 3.46. The lowest BCUT2D eigenvalue weighted by molar-refractivity contribution is 0.0701. The zero-order valence-corrected chi connectivity index (χ0v) is 9.71. The fourth-order valence-electron chi connectivity index (χ4n) is 3.46. The van der Waals surface area contributed by atoms with Gasteiger partial charge in [0.05, 0.1) is 0 Å². The van der Waals surface area contributed by atoms with E-state index in [1.54, 1.807) is 0 Å². The first-order valence-electron chi connectivity index (χ1n) is 5.81. The standard InChI is InChI=1S/C12H23NO/c1-11(2)8-12(11,9-14)10-5-4-6-13(3)7-10/h10,14H,4-9H2,1-3H3. The second-order valence-electron chi connectivity index (χ2n) is 5.98. The van der Waals surface area contributed by atoms with Gasteiger partial charge in [0.1, 0.15) is 0 Å². The molecule has 2 rings (SSSR count). The molecule has 0 aromatic heterocycles. The van der Waals surface area contributed by atoms with Gasteiger partial charge in [0, 0.05) is 18.6 Å². The van der Waals surface area contributed by atoms with Gasteiger partial charge in [-0.1, -0.05) is 13.8 Å². The van der Waals surface area contributed by atoms with Crippen molar-refractivity contribution >= 4 is 0 Å². The van der Waals surface area contributed by atoms with E-state index in [0.717, 1.165) is 5.92 Å². The van der Waals surface area contributed by atoms with Gasteiger partial charge in [0.25, 0.3) is 0 Å². The summed E-state index contributed by atoms with van der Waals surface area (Å²) in [7, 11) is 2.20. The van der Waals surface area contributed by atoms with E-state index >= 15 is 0 Å². The third kappa shape index (κ3) is 1.40. The average Bonchev–Trinajstić information content (AvgIpc) is 2.70. The van der Waals surface area contributed by atoms with Crippen molar-refractivity contribution in [3.05, 3.63) is 0 Å². The SMILES string of the molecule is CN1CCCC(C2(CO)CC2(C)C)C1. The van der Waals surface area contributed by atoms with Crippen LogP contribution in [0.1, 0.15) is 33.1 Å². The minimum absolute atomic E-state index is 0.252. The summed E-state index contributed by atoms with van der Waals surface area (Å²) in [5.41, 5.74) is 0.631. The van der Waals surface area contributed by atoms with Gasteiger partial charge in [0.2, 0.25) is 0 Å². The minimum Gasteiger partial charge on any atom is -0.396 e. The molecular formula is C12H23NO. The van der Waals surface area contributed by atoms with Gasteiger partial charge in [0.15, 0.2) is 0 Å². The topological polar surface area (TPSA) is 23.5 Å². The van der Waals surface area contributed by atoms with Gasteiger partial charge >= 0.3 is 0 Å². The molecule has 14 heavy (non-hydrogen) atoms. The summed E-state index contributed by atoms with van der Waals surface area (Å²) in [5, 5.41) is 9.61. The van der Waals surface area contributed by atoms with Crippen LogP contribution in [0.3, 0.4) is 0 Å². The highest BCUT2D eigenvalue weighted by molar-refractivity contribution is 5.13. The Balaban J connectivity index is 2.07. The van der Waals surface area contributed by atoms with Crippen LogP contribution in [-0.4, -0.2) is 36.8 Å². The zero-order valence-electron chi connectivity index (χ0n) is 9.71. The van der Waals surface area contributed by atoms with Crippen LogP contribution in [0, 0.1) is 16.7 Å². The Morgan fingerprint density at radius 3 is 2.50 bits per heavy atom. The Morgan fingerprint density at radius 2 is 2.07 bits per heavy atom. The predicted molar refractivity (Wildman–Crippen MR) is 58.1 cm³/mol. The third-order valence-electron chi connectivity index (χ3n) is 4.67. The van der Waals surface area contributed by atoms with Crippen LogP contribution in [0.15, 0.2) is 0 Å². The molecule has 1 aliphatic carbocycles. The quantitative estimate of drug-likeness (QED) is 0.729. The molecule has 2 heteroatoms. The summed E-state index contributed by atoms with van der Waals surface area (Å²) in [6.07, 6.45) is 3.84. The molecule has 1 N–H and O–H groups in total. The van der Waals surface area contributed by atoms with Crippen molar-refractivity contribution in [2.24, 2.45) is 16.7 Å². The number of likely N-dealkylation sites (tertiary alicyclic amines) is 1. The van der Waals surface area contributed by atoms with Crippen LogP contribution in [0.5, 0.6) is 0 Å². The lowest BCUT2D eigenvalue weighted by Gasteiger charge is -2.36. The van der Waals surface area contributed by atoms with Crippen LogP contribution in [-0.2, 0) is 0 Å². The summed E-state index contributed by atoms with van der Waals surface area (Å²) in [4.78, 5) is 2.42. The second-order valence-corrected chi connectivity index (χ2v) is 5.98. The molecule has 1 aliphatic heterocycles. The molecule has 2 atom stereocenters. The summed E-state index contributed by atoms with van der Waals surface area (Å²) < 4.78 is 0. The number of nitrogens with zero attached hydrogens (tertiary/aromatic N) is 1. The molecule has 0 spiro atoms. The highest BCUT2D eigenvalue weighted by Gasteiger charge is 2.64. The van der Waals surface area contributed by atoms with E-state index in [-0.39, 0.29) is 5.41 Å². The predicted octanol–water partition coefficient (Wildman–Crippen LogP) is 1.74. The summed E-state index contributed by atoms with van der Waals surface area (Å²) in [6.45, 7) is 7.41. The Morgan fingerprint density at radius 1 is 1.43 bits per heavy atom. The highest BCUT2D eigenvalue weighted by atomic mass is 16.3. The Kier molecular flexibility index (Phi) is 2.39. The normalized spacial score (nSPS) is 42.4. The van der Waals surface area contributed by atoms with Crippen molar-refractivity contribution in [3.63, 3.8) is 0 Å². The average molecular weight is 197 g/mol. The largest absolute Gasteiger partial charge is 0.396 e. The molecule has 1 saturated carbocycles. The van der Waals surface area contributed by atoms with Crippen LogP contribution >= 0.6 is 0 Å². The Labute approximate surface area is 87.3 Å². The van der Waals surface area contributed by atoms with Crippen molar-refractivity contribution in [2.45, 2.75) is 33.1 Å². The van der Waals surface area contributed by atoms with E-state index in [9.17, 15) is 5.11 Å². The van der Waals surface area contributed by atoms with Gasteiger partial charge in [-0.3, -0.25) is 0 Å². The van der Waals surface area contributed by atoms with E-state index in [4.69, 9.17) is 0 Å². The molecule has 0 radical (unpaired) electrons. The highest BCUT2D eigenvalue weighted by Crippen LogP contribution is 2.68. The van der Waals surface area contributed by atoms with Gasteiger partial charge in [-0.15, -0.1) is 0 Å². The molecule has 1 heterocycles. The minimum atomic E-state index is 0.252. The molecule has 0 amide bonds. The third-order valence-corrected chi connectivity index (χ3v) is 4.67. The Hall–Kier alpha value is -0.0800. The maximum atomic E-state index is 9.61. The van der Waals surface area contributed by atoms with Crippen LogP contribution < -0.4 is 0 Å². The lowest BCUT2D eigenvalue weighted by atomic mass is 9.78. The molecule has 2 unspecified atom stereocenters. The van der Waals surface area contributed by atoms with E-state index < -0.39 is 0 Å². The fraction of sp³-hybridized carbons (Fsp3) is 1.00. The summed E-state index contributed by atoms with van der Waals surface area (Å²) in [6, 6.07) is 0. The van der Waals surface area contributed by atoms with Crippen molar-refractivity contribution in [2.75, 3.05) is 26.7 Å². The van der Waals surface area contributed by atoms with E-state index in [2.05, 4.69) is 25.8 Å². The number of piperidine rings is 1. The van der Waals surface area contributed by atoms with Crippen molar-refractivity contribution < 1.29 is 5.11 Å². The lowest BCUT2D eigenvalue weighted by Crippen LogP contribution is -2.39. The maximum absolute atomic E-state index is 9.61. The van der Waals surface area contributed by atoms with Gasteiger partial charge in [-0.2, -0.15) is 0 Å². The zero-order chi connectivity index (χ0) is 10.4. The monoisotopic (exact) mass is 197 g/mol. The number of aliphatic hydroxyl groups excluding tert-OH is 1. The van der Waals surface area contributed by atoms with E-state index in [1.807, 2.05) is 0 Å². The molecule has 2 aliphatic rings. The van der Waals surface area contributed by atoms with Crippen molar-refractivity contribution in [1.29, 1.82) is 0 Å². The van der Waals surface area contributed by atoms with Crippen LogP contribution in [0.4, 0.5) is 0 Å². The number of hydrogen-bond acceptors (Lipinski definition) is 2. The molecule has 1 saturated heterocycles. The smallest absolute Gasteiger partial charge is 0.0495 e. The molecule has 0 bridgehead atoms. The van der Waals surface area contributed by atoms with Gasteiger partial charge in [-0.05, 0) is 44.2 Å². The summed E-state index contributed by atoms with van der Waals surface area (Å²) >= 11 is 0. The second kappa shape index (κ2) is 3.21. The first-order valence-corrected chi connectivity index (χ1v) is 5.81. The number of aliphatic hydroxyl groups is 1. The first kappa shape index (κ1) is 10.4.